The highest BCUT2D eigenvalue weighted by atomic mass is 16.3. The number of rotatable bonds is 7. The number of hydrogen-bond acceptors (Lipinski definition) is 3. The van der Waals surface area contributed by atoms with Gasteiger partial charge in [-0.25, -0.2) is 0 Å². The van der Waals surface area contributed by atoms with E-state index in [0.29, 0.717) is 0 Å². The summed E-state index contributed by atoms with van der Waals surface area (Å²) in [5, 5.41) is 17.0. The Morgan fingerprint density at radius 1 is 0.806 bits per heavy atom. The molecule has 3 rings (SSSR count). The van der Waals surface area contributed by atoms with Crippen molar-refractivity contribution in [1.29, 1.82) is 0 Å². The van der Waals surface area contributed by atoms with E-state index in [-0.39, 0.29) is 17.2 Å². The number of hydrogen-bond donors (Lipinski definition) is 3. The molecule has 0 heterocycles. The van der Waals surface area contributed by atoms with Gasteiger partial charge in [-0.1, -0.05) is 106 Å². The van der Waals surface area contributed by atoms with Crippen LogP contribution >= 0.6 is 0 Å². The predicted molar refractivity (Wildman–Crippen MR) is 126 cm³/mol. The smallest absolute Gasteiger partial charge is 0.237 e. The molecule has 0 aliphatic heterocycles. The molecular formula is C27H32N2O2. The molecule has 4 heteroatoms. The van der Waals surface area contributed by atoms with Crippen LogP contribution in [0.5, 0.6) is 0 Å². The van der Waals surface area contributed by atoms with E-state index in [2.05, 4.69) is 37.5 Å². The second kappa shape index (κ2) is 9.90. The van der Waals surface area contributed by atoms with Crippen LogP contribution in [0.2, 0.25) is 0 Å². The quantitative estimate of drug-likeness (QED) is 0.497. The summed E-state index contributed by atoms with van der Waals surface area (Å²) in [7, 11) is 1.62. The molecule has 0 spiro atoms. The molecule has 0 fully saturated rings. The van der Waals surface area contributed by atoms with Gasteiger partial charge in [0, 0.05) is 13.0 Å². The zero-order valence-corrected chi connectivity index (χ0v) is 18.7. The van der Waals surface area contributed by atoms with Crippen molar-refractivity contribution in [2.75, 3.05) is 7.05 Å². The summed E-state index contributed by atoms with van der Waals surface area (Å²) < 4.78 is 0. The number of carbonyl (C=O) groups excluding carboxylic acids is 1. The summed E-state index contributed by atoms with van der Waals surface area (Å²) in [6.45, 7) is 6.42. The monoisotopic (exact) mass is 416 g/mol. The molecule has 4 nitrogen and oxygen atoms in total. The van der Waals surface area contributed by atoms with Gasteiger partial charge >= 0.3 is 0 Å². The highest BCUT2D eigenvalue weighted by Gasteiger charge is 2.32. The molecule has 162 valence electrons. The zero-order valence-electron chi connectivity index (χ0n) is 18.7. The lowest BCUT2D eigenvalue weighted by molar-refractivity contribution is -0.124. The van der Waals surface area contributed by atoms with Gasteiger partial charge < -0.3 is 10.4 Å². The van der Waals surface area contributed by atoms with Crippen LogP contribution in [0.3, 0.4) is 0 Å². The number of likely N-dealkylation sites (N-methyl/N-ethyl adjacent to an activating group) is 1. The summed E-state index contributed by atoms with van der Waals surface area (Å²) in [6, 6.07) is 27.1. The lowest BCUT2D eigenvalue weighted by Crippen LogP contribution is -2.48. The normalized spacial score (nSPS) is 13.6. The van der Waals surface area contributed by atoms with Crippen LogP contribution in [-0.2, 0) is 10.2 Å². The van der Waals surface area contributed by atoms with Gasteiger partial charge in [0.15, 0.2) is 0 Å². The van der Waals surface area contributed by atoms with Crippen molar-refractivity contribution < 1.29 is 9.90 Å². The molecule has 3 aromatic carbocycles. The molecule has 2 atom stereocenters. The molecule has 3 aromatic rings. The van der Waals surface area contributed by atoms with E-state index in [1.54, 1.807) is 7.05 Å². The van der Waals surface area contributed by atoms with Crippen molar-refractivity contribution in [2.24, 2.45) is 0 Å². The number of aliphatic hydroxyl groups is 1. The van der Waals surface area contributed by atoms with Gasteiger partial charge in [0.2, 0.25) is 5.91 Å². The van der Waals surface area contributed by atoms with Crippen molar-refractivity contribution in [2.45, 2.75) is 44.4 Å². The van der Waals surface area contributed by atoms with E-state index in [9.17, 15) is 9.90 Å². The van der Waals surface area contributed by atoms with Crippen LogP contribution in [-0.4, -0.2) is 24.1 Å². The minimum Gasteiger partial charge on any atom is -0.374 e. The molecule has 0 aliphatic rings. The minimum absolute atomic E-state index is 0.0352. The van der Waals surface area contributed by atoms with E-state index in [4.69, 9.17) is 0 Å². The van der Waals surface area contributed by atoms with Gasteiger partial charge in [-0.05, 0) is 27.7 Å². The van der Waals surface area contributed by atoms with Gasteiger partial charge in [0.25, 0.3) is 0 Å². The summed E-state index contributed by atoms with van der Waals surface area (Å²) in [5.41, 5.74) is 3.84. The largest absolute Gasteiger partial charge is 0.374 e. The first kappa shape index (κ1) is 22.7. The standard InChI is InChI=1S/C27H32N2O2/c1-27(2,3)22-17-11-16-21(18-22)25(30)29-24(26(31)28-4)23(19-12-7-5-8-13-19)20-14-9-6-10-15-20/h5-18,23-25,29-30H,1-4H3,(H,28,31)/t24-,25?/m0/s1. The molecule has 0 saturated heterocycles. The number of aliphatic hydroxyl groups excluding tert-OH is 1. The van der Waals surface area contributed by atoms with E-state index >= 15 is 0 Å². The maximum atomic E-state index is 13.0. The van der Waals surface area contributed by atoms with E-state index in [0.717, 1.165) is 22.3 Å². The fraction of sp³-hybridized carbons (Fsp3) is 0.296. The third-order valence-electron chi connectivity index (χ3n) is 5.59. The lowest BCUT2D eigenvalue weighted by atomic mass is 9.84. The summed E-state index contributed by atoms with van der Waals surface area (Å²) in [5.74, 6) is -0.438. The third-order valence-corrected chi connectivity index (χ3v) is 5.59. The van der Waals surface area contributed by atoms with Crippen molar-refractivity contribution in [1.82, 2.24) is 10.6 Å². The molecule has 0 saturated carbocycles. The Labute approximate surface area is 185 Å². The second-order valence-corrected chi connectivity index (χ2v) is 8.84. The molecule has 31 heavy (non-hydrogen) atoms. The molecule has 1 amide bonds. The van der Waals surface area contributed by atoms with Gasteiger partial charge in [-0.2, -0.15) is 0 Å². The number of carbonyl (C=O) groups is 1. The van der Waals surface area contributed by atoms with Gasteiger partial charge in [0.05, 0.1) is 6.04 Å². The number of nitrogens with one attached hydrogen (secondary N) is 2. The van der Waals surface area contributed by atoms with Crippen LogP contribution in [0.1, 0.15) is 55.2 Å². The van der Waals surface area contributed by atoms with Crippen LogP contribution in [0.25, 0.3) is 0 Å². The number of amides is 1. The van der Waals surface area contributed by atoms with Gasteiger partial charge in [-0.3, -0.25) is 10.1 Å². The van der Waals surface area contributed by atoms with E-state index in [1.165, 1.54) is 0 Å². The maximum absolute atomic E-state index is 13.0. The van der Waals surface area contributed by atoms with E-state index < -0.39 is 12.3 Å². The number of benzene rings is 3. The Bertz CT molecular complexity index is 941. The molecular weight excluding hydrogens is 384 g/mol. The van der Waals surface area contributed by atoms with Crippen molar-refractivity contribution in [3.05, 3.63) is 107 Å². The van der Waals surface area contributed by atoms with Crippen molar-refractivity contribution >= 4 is 5.91 Å². The van der Waals surface area contributed by atoms with Crippen LogP contribution in [0, 0.1) is 0 Å². The zero-order chi connectivity index (χ0) is 22.4. The first-order chi connectivity index (χ1) is 14.8. The molecule has 3 N–H and O–H groups in total. The molecule has 1 unspecified atom stereocenters. The summed E-state index contributed by atoms with van der Waals surface area (Å²) in [6.07, 6.45) is -0.987. The predicted octanol–water partition coefficient (Wildman–Crippen LogP) is 4.51. The lowest BCUT2D eigenvalue weighted by Gasteiger charge is -2.30. The van der Waals surface area contributed by atoms with Gasteiger partial charge in [0.1, 0.15) is 6.23 Å². The van der Waals surface area contributed by atoms with Crippen LogP contribution in [0.4, 0.5) is 0 Å². The second-order valence-electron chi connectivity index (χ2n) is 8.84. The summed E-state index contributed by atoms with van der Waals surface area (Å²) in [4.78, 5) is 13.0. The molecule has 0 aliphatic carbocycles. The average Bonchev–Trinajstić information content (AvgIpc) is 2.79. The third kappa shape index (κ3) is 5.60. The Kier molecular flexibility index (Phi) is 7.26. The summed E-state index contributed by atoms with van der Waals surface area (Å²) >= 11 is 0. The average molecular weight is 417 g/mol. The Morgan fingerprint density at radius 2 is 1.32 bits per heavy atom. The Hall–Kier alpha value is -2.95. The fourth-order valence-corrected chi connectivity index (χ4v) is 3.82. The minimum atomic E-state index is -0.987. The van der Waals surface area contributed by atoms with Crippen molar-refractivity contribution in [3.63, 3.8) is 0 Å². The Balaban J connectivity index is 1.99. The van der Waals surface area contributed by atoms with E-state index in [1.807, 2.05) is 78.9 Å². The fourth-order valence-electron chi connectivity index (χ4n) is 3.82. The molecule has 0 radical (unpaired) electrons. The van der Waals surface area contributed by atoms with Crippen LogP contribution in [0.15, 0.2) is 84.9 Å². The molecule has 0 aromatic heterocycles. The maximum Gasteiger partial charge on any atom is 0.237 e. The first-order valence-corrected chi connectivity index (χ1v) is 10.7. The topological polar surface area (TPSA) is 61.4 Å². The SMILES string of the molecule is CNC(=O)[C@@H](NC(O)c1cccc(C(C)(C)C)c1)C(c1ccccc1)c1ccccc1. The van der Waals surface area contributed by atoms with Gasteiger partial charge in [-0.15, -0.1) is 0 Å². The highest BCUT2D eigenvalue weighted by Crippen LogP contribution is 2.30. The highest BCUT2D eigenvalue weighted by molar-refractivity contribution is 5.83. The van der Waals surface area contributed by atoms with Crippen molar-refractivity contribution in [3.8, 4) is 0 Å². The Morgan fingerprint density at radius 3 is 1.81 bits per heavy atom. The molecule has 0 bridgehead atoms. The van der Waals surface area contributed by atoms with Crippen LogP contribution < -0.4 is 10.6 Å². The first-order valence-electron chi connectivity index (χ1n) is 10.7.